The number of likely N-dealkylation sites (tertiary alicyclic amines) is 2. The maximum absolute atomic E-state index is 12.6. The summed E-state index contributed by atoms with van der Waals surface area (Å²) in [4.78, 5) is 17.2. The van der Waals surface area contributed by atoms with Crippen LogP contribution < -0.4 is 5.32 Å². The molecule has 3 fully saturated rings. The highest BCUT2D eigenvalue weighted by molar-refractivity contribution is 5.78. The Labute approximate surface area is 129 Å². The van der Waals surface area contributed by atoms with Crippen LogP contribution in [0.4, 0.5) is 0 Å². The second-order valence-electron chi connectivity index (χ2n) is 7.53. The van der Waals surface area contributed by atoms with Gasteiger partial charge in [-0.1, -0.05) is 0 Å². The Balaban J connectivity index is 1.55. The summed E-state index contributed by atoms with van der Waals surface area (Å²) < 4.78 is 0. The minimum atomic E-state index is 0.364. The average Bonchev–Trinajstić information content (AvgIpc) is 2.48. The van der Waals surface area contributed by atoms with E-state index in [0.717, 1.165) is 26.2 Å². The zero-order valence-electron chi connectivity index (χ0n) is 13.6. The maximum Gasteiger partial charge on any atom is 0.236 e. The standard InChI is InChI=1S/C17H31N3O/c1-15-6-2-3-11-20(15)16(21)12-19-10-5-8-17(14-19)7-4-9-18-13-17/h15,18H,2-14H2,1H3. The van der Waals surface area contributed by atoms with Gasteiger partial charge in [0, 0.05) is 25.7 Å². The second-order valence-corrected chi connectivity index (χ2v) is 7.53. The number of piperidine rings is 3. The smallest absolute Gasteiger partial charge is 0.236 e. The van der Waals surface area contributed by atoms with E-state index >= 15 is 0 Å². The van der Waals surface area contributed by atoms with Crippen LogP contribution in [0.3, 0.4) is 0 Å². The second kappa shape index (κ2) is 6.66. The van der Waals surface area contributed by atoms with Crippen molar-refractivity contribution in [2.75, 3.05) is 39.3 Å². The first-order chi connectivity index (χ1) is 10.2. The zero-order chi connectivity index (χ0) is 14.7. The van der Waals surface area contributed by atoms with E-state index in [1.165, 1.54) is 51.5 Å². The first kappa shape index (κ1) is 15.3. The molecule has 0 saturated carbocycles. The van der Waals surface area contributed by atoms with E-state index in [-0.39, 0.29) is 0 Å². The average molecular weight is 293 g/mol. The van der Waals surface area contributed by atoms with Gasteiger partial charge in [-0.15, -0.1) is 0 Å². The van der Waals surface area contributed by atoms with Crippen molar-refractivity contribution in [2.45, 2.75) is 57.9 Å². The van der Waals surface area contributed by atoms with E-state index in [2.05, 4.69) is 22.0 Å². The lowest BCUT2D eigenvalue weighted by atomic mass is 9.74. The Hall–Kier alpha value is -0.610. The summed E-state index contributed by atoms with van der Waals surface area (Å²) in [5.41, 5.74) is 0.449. The van der Waals surface area contributed by atoms with E-state index in [1.54, 1.807) is 0 Å². The molecule has 0 radical (unpaired) electrons. The largest absolute Gasteiger partial charge is 0.339 e. The Kier molecular flexibility index (Phi) is 4.85. The van der Waals surface area contributed by atoms with Crippen LogP contribution in [0, 0.1) is 5.41 Å². The van der Waals surface area contributed by atoms with Crippen molar-refractivity contribution < 1.29 is 4.79 Å². The molecular formula is C17H31N3O. The number of rotatable bonds is 2. The molecule has 120 valence electrons. The van der Waals surface area contributed by atoms with Crippen molar-refractivity contribution in [2.24, 2.45) is 5.41 Å². The van der Waals surface area contributed by atoms with Gasteiger partial charge in [0.15, 0.2) is 0 Å². The van der Waals surface area contributed by atoms with Crippen LogP contribution in [-0.2, 0) is 4.79 Å². The number of carbonyl (C=O) groups is 1. The van der Waals surface area contributed by atoms with Crippen molar-refractivity contribution in [3.05, 3.63) is 0 Å². The van der Waals surface area contributed by atoms with Crippen LogP contribution in [0.2, 0.25) is 0 Å². The quantitative estimate of drug-likeness (QED) is 0.844. The van der Waals surface area contributed by atoms with Gasteiger partial charge in [-0.3, -0.25) is 9.69 Å². The zero-order valence-corrected chi connectivity index (χ0v) is 13.6. The van der Waals surface area contributed by atoms with Crippen LogP contribution in [-0.4, -0.2) is 61.0 Å². The molecular weight excluding hydrogens is 262 g/mol. The number of hydrogen-bond donors (Lipinski definition) is 1. The third kappa shape index (κ3) is 3.59. The molecule has 0 aromatic carbocycles. The van der Waals surface area contributed by atoms with E-state index in [0.29, 0.717) is 23.9 Å². The predicted octanol–water partition coefficient (Wildman–Crippen LogP) is 1.85. The summed E-state index contributed by atoms with van der Waals surface area (Å²) in [5, 5.41) is 3.57. The summed E-state index contributed by atoms with van der Waals surface area (Å²) >= 11 is 0. The highest BCUT2D eigenvalue weighted by atomic mass is 16.2. The molecule has 3 heterocycles. The molecule has 3 saturated heterocycles. The molecule has 3 aliphatic heterocycles. The van der Waals surface area contributed by atoms with Crippen LogP contribution >= 0.6 is 0 Å². The van der Waals surface area contributed by atoms with E-state index in [1.807, 2.05) is 0 Å². The van der Waals surface area contributed by atoms with Crippen molar-refractivity contribution >= 4 is 5.91 Å². The summed E-state index contributed by atoms with van der Waals surface area (Å²) in [6, 6.07) is 0.446. The minimum Gasteiger partial charge on any atom is -0.339 e. The van der Waals surface area contributed by atoms with Crippen LogP contribution in [0.1, 0.15) is 51.9 Å². The first-order valence-electron chi connectivity index (χ1n) is 8.91. The van der Waals surface area contributed by atoms with Crippen LogP contribution in [0.15, 0.2) is 0 Å². The number of nitrogens with zero attached hydrogens (tertiary/aromatic N) is 2. The fourth-order valence-corrected chi connectivity index (χ4v) is 4.57. The molecule has 0 bridgehead atoms. The molecule has 1 spiro atoms. The van der Waals surface area contributed by atoms with Gasteiger partial charge in [0.25, 0.3) is 0 Å². The Bertz CT molecular complexity index is 360. The molecule has 2 atom stereocenters. The predicted molar refractivity (Wildman–Crippen MR) is 85.2 cm³/mol. The van der Waals surface area contributed by atoms with Gasteiger partial charge in [0.05, 0.1) is 6.54 Å². The molecule has 2 unspecified atom stereocenters. The number of carbonyl (C=O) groups excluding carboxylic acids is 1. The normalized spacial score (nSPS) is 35.1. The highest BCUT2D eigenvalue weighted by Gasteiger charge is 2.37. The van der Waals surface area contributed by atoms with E-state index in [4.69, 9.17) is 0 Å². The van der Waals surface area contributed by atoms with Crippen molar-refractivity contribution in [1.29, 1.82) is 0 Å². The van der Waals surface area contributed by atoms with E-state index < -0.39 is 0 Å². The Morgan fingerprint density at radius 3 is 2.81 bits per heavy atom. The van der Waals surface area contributed by atoms with Crippen LogP contribution in [0.25, 0.3) is 0 Å². The third-order valence-electron chi connectivity index (χ3n) is 5.78. The lowest BCUT2D eigenvalue weighted by Gasteiger charge is -2.46. The Morgan fingerprint density at radius 2 is 2.05 bits per heavy atom. The minimum absolute atomic E-state index is 0.364. The maximum atomic E-state index is 12.6. The van der Waals surface area contributed by atoms with Crippen molar-refractivity contribution in [3.63, 3.8) is 0 Å². The van der Waals surface area contributed by atoms with Crippen LogP contribution in [0.5, 0.6) is 0 Å². The molecule has 4 heteroatoms. The number of hydrogen-bond acceptors (Lipinski definition) is 3. The van der Waals surface area contributed by atoms with Gasteiger partial charge >= 0.3 is 0 Å². The highest BCUT2D eigenvalue weighted by Crippen LogP contribution is 2.35. The van der Waals surface area contributed by atoms with E-state index in [9.17, 15) is 4.79 Å². The topological polar surface area (TPSA) is 35.6 Å². The monoisotopic (exact) mass is 293 g/mol. The van der Waals surface area contributed by atoms with Crippen molar-refractivity contribution in [3.8, 4) is 0 Å². The third-order valence-corrected chi connectivity index (χ3v) is 5.78. The molecule has 21 heavy (non-hydrogen) atoms. The number of amides is 1. The molecule has 0 aliphatic carbocycles. The van der Waals surface area contributed by atoms with Gasteiger partial charge in [0.1, 0.15) is 0 Å². The Morgan fingerprint density at radius 1 is 1.19 bits per heavy atom. The fraction of sp³-hybridized carbons (Fsp3) is 0.941. The molecule has 1 N–H and O–H groups in total. The summed E-state index contributed by atoms with van der Waals surface area (Å²) in [5.74, 6) is 0.364. The molecule has 4 nitrogen and oxygen atoms in total. The summed E-state index contributed by atoms with van der Waals surface area (Å²) in [6.07, 6.45) is 8.87. The van der Waals surface area contributed by atoms with Gasteiger partial charge in [-0.05, 0) is 70.4 Å². The number of nitrogens with one attached hydrogen (secondary N) is 1. The lowest BCUT2D eigenvalue weighted by Crippen LogP contribution is -2.54. The fourth-order valence-electron chi connectivity index (χ4n) is 4.57. The molecule has 0 aromatic rings. The lowest BCUT2D eigenvalue weighted by molar-refractivity contribution is -0.136. The van der Waals surface area contributed by atoms with Gasteiger partial charge in [0.2, 0.25) is 5.91 Å². The van der Waals surface area contributed by atoms with Gasteiger partial charge in [-0.2, -0.15) is 0 Å². The van der Waals surface area contributed by atoms with Gasteiger partial charge < -0.3 is 10.2 Å². The molecule has 0 aromatic heterocycles. The SMILES string of the molecule is CC1CCCCN1C(=O)CN1CCCC2(CCCNC2)C1. The summed E-state index contributed by atoms with van der Waals surface area (Å²) in [6.45, 7) is 8.37. The molecule has 3 aliphatic rings. The molecule has 3 rings (SSSR count). The summed E-state index contributed by atoms with van der Waals surface area (Å²) in [7, 11) is 0. The molecule has 1 amide bonds. The van der Waals surface area contributed by atoms with Gasteiger partial charge in [-0.25, -0.2) is 0 Å². The first-order valence-corrected chi connectivity index (χ1v) is 8.91. The van der Waals surface area contributed by atoms with Crippen molar-refractivity contribution in [1.82, 2.24) is 15.1 Å².